The highest BCUT2D eigenvalue weighted by molar-refractivity contribution is 7.92. The van der Waals surface area contributed by atoms with E-state index in [4.69, 9.17) is 4.74 Å². The van der Waals surface area contributed by atoms with Crippen LogP contribution >= 0.6 is 0 Å². The fourth-order valence-corrected chi connectivity index (χ4v) is 5.00. The Balaban J connectivity index is 1.47. The van der Waals surface area contributed by atoms with E-state index in [0.717, 1.165) is 0 Å². The molecule has 0 bridgehead atoms. The van der Waals surface area contributed by atoms with Crippen molar-refractivity contribution in [2.45, 2.75) is 10.1 Å². The van der Waals surface area contributed by atoms with Crippen LogP contribution in [0.3, 0.4) is 0 Å². The maximum Gasteiger partial charge on any atom is 0.272 e. The van der Waals surface area contributed by atoms with Crippen LogP contribution in [0.2, 0.25) is 0 Å². The monoisotopic (exact) mass is 429 g/mol. The van der Waals surface area contributed by atoms with Crippen molar-refractivity contribution >= 4 is 15.7 Å². The van der Waals surface area contributed by atoms with Gasteiger partial charge in [0.25, 0.3) is 5.91 Å². The molecule has 4 rings (SSSR count). The number of nitrogens with zero attached hydrogens (tertiary/aromatic N) is 3. The number of aryl methyl sites for hydroxylation is 1. The predicted octanol–water partition coefficient (Wildman–Crippen LogP) is 2.53. The smallest absolute Gasteiger partial charge is 0.272 e. The molecule has 30 heavy (non-hydrogen) atoms. The number of sulfone groups is 1. The Labute approximate surface area is 173 Å². The van der Waals surface area contributed by atoms with Crippen LogP contribution in [0.25, 0.3) is 11.3 Å². The van der Waals surface area contributed by atoms with Crippen LogP contribution in [0.1, 0.15) is 10.5 Å². The predicted molar refractivity (Wildman–Crippen MR) is 108 cm³/mol. The van der Waals surface area contributed by atoms with Gasteiger partial charge in [-0.25, -0.2) is 12.8 Å². The van der Waals surface area contributed by atoms with Crippen molar-refractivity contribution in [2.24, 2.45) is 7.05 Å². The van der Waals surface area contributed by atoms with Crippen LogP contribution in [0.4, 0.5) is 4.39 Å². The molecule has 1 fully saturated rings. The van der Waals surface area contributed by atoms with Crippen LogP contribution in [0, 0.1) is 5.82 Å². The molecule has 0 atom stereocenters. The number of aromatic nitrogens is 2. The number of hydrogen-bond acceptors (Lipinski definition) is 5. The molecule has 1 aliphatic rings. The van der Waals surface area contributed by atoms with Gasteiger partial charge in [0.1, 0.15) is 22.5 Å². The molecule has 2 aromatic carbocycles. The summed E-state index contributed by atoms with van der Waals surface area (Å²) in [5.74, 6) is -0.0669. The van der Waals surface area contributed by atoms with E-state index in [-0.39, 0.29) is 29.7 Å². The van der Waals surface area contributed by atoms with Gasteiger partial charge in [-0.3, -0.25) is 9.48 Å². The summed E-state index contributed by atoms with van der Waals surface area (Å²) in [4.78, 5) is 14.5. The first-order valence-electron chi connectivity index (χ1n) is 9.27. The SMILES string of the molecule is COc1ccc(S(=O)(=O)C2CN(C(=O)c3cc(-c4ccc(F)cc4)nn3C)C2)cc1. The normalized spacial score (nSPS) is 14.4. The lowest BCUT2D eigenvalue weighted by Crippen LogP contribution is -2.57. The van der Waals surface area contributed by atoms with Crippen molar-refractivity contribution in [3.05, 3.63) is 66.1 Å². The number of carbonyl (C=O) groups is 1. The minimum atomic E-state index is -3.54. The summed E-state index contributed by atoms with van der Waals surface area (Å²) in [6, 6.07) is 13.7. The van der Waals surface area contributed by atoms with Gasteiger partial charge in [-0.1, -0.05) is 0 Å². The quantitative estimate of drug-likeness (QED) is 0.623. The Morgan fingerprint density at radius 2 is 1.73 bits per heavy atom. The van der Waals surface area contributed by atoms with E-state index in [9.17, 15) is 17.6 Å². The summed E-state index contributed by atoms with van der Waals surface area (Å²) in [6.45, 7) is 0.231. The average Bonchev–Trinajstić information content (AvgIpc) is 3.09. The zero-order valence-electron chi connectivity index (χ0n) is 16.4. The molecule has 0 spiro atoms. The van der Waals surface area contributed by atoms with Crippen molar-refractivity contribution in [1.29, 1.82) is 0 Å². The third kappa shape index (κ3) is 3.56. The number of methoxy groups -OCH3 is 1. The molecular weight excluding hydrogens is 409 g/mol. The van der Waals surface area contributed by atoms with Crippen molar-refractivity contribution in [1.82, 2.24) is 14.7 Å². The molecule has 2 heterocycles. The summed E-state index contributed by atoms with van der Waals surface area (Å²) in [5.41, 5.74) is 1.58. The molecule has 156 valence electrons. The zero-order valence-corrected chi connectivity index (χ0v) is 17.3. The number of amides is 1. The van der Waals surface area contributed by atoms with E-state index in [1.54, 1.807) is 37.4 Å². The molecule has 1 saturated heterocycles. The first-order valence-corrected chi connectivity index (χ1v) is 10.8. The van der Waals surface area contributed by atoms with Crippen molar-refractivity contribution in [2.75, 3.05) is 20.2 Å². The highest BCUT2D eigenvalue weighted by Gasteiger charge is 2.41. The number of rotatable bonds is 5. The number of likely N-dealkylation sites (tertiary alicyclic amines) is 1. The van der Waals surface area contributed by atoms with E-state index >= 15 is 0 Å². The zero-order chi connectivity index (χ0) is 21.5. The van der Waals surface area contributed by atoms with Crippen LogP contribution in [0.15, 0.2) is 59.5 Å². The topological polar surface area (TPSA) is 81.5 Å². The highest BCUT2D eigenvalue weighted by Crippen LogP contribution is 2.27. The van der Waals surface area contributed by atoms with Crippen molar-refractivity contribution < 1.29 is 22.3 Å². The van der Waals surface area contributed by atoms with Crippen LogP contribution in [-0.4, -0.2) is 54.5 Å². The molecule has 0 unspecified atom stereocenters. The lowest BCUT2D eigenvalue weighted by molar-refractivity contribution is 0.0647. The Morgan fingerprint density at radius 1 is 1.10 bits per heavy atom. The van der Waals surface area contributed by atoms with E-state index in [2.05, 4.69) is 5.10 Å². The van der Waals surface area contributed by atoms with Crippen LogP contribution in [0.5, 0.6) is 5.75 Å². The lowest BCUT2D eigenvalue weighted by Gasteiger charge is -2.38. The molecule has 1 aromatic heterocycles. The fraction of sp³-hybridized carbons (Fsp3) is 0.238. The number of halogens is 1. The van der Waals surface area contributed by atoms with Gasteiger partial charge < -0.3 is 9.64 Å². The average molecular weight is 429 g/mol. The Kier molecular flexibility index (Phi) is 5.07. The molecule has 1 amide bonds. The first-order chi connectivity index (χ1) is 14.3. The highest BCUT2D eigenvalue weighted by atomic mass is 32.2. The van der Waals surface area contributed by atoms with Crippen LogP contribution < -0.4 is 4.74 Å². The van der Waals surface area contributed by atoms with Gasteiger partial charge in [0, 0.05) is 25.7 Å². The van der Waals surface area contributed by atoms with E-state index in [1.807, 2.05) is 0 Å². The second-order valence-electron chi connectivity index (χ2n) is 7.10. The Bertz CT molecular complexity index is 1180. The van der Waals surface area contributed by atoms with Crippen molar-refractivity contribution in [3.8, 4) is 17.0 Å². The largest absolute Gasteiger partial charge is 0.497 e. The minimum Gasteiger partial charge on any atom is -0.497 e. The molecule has 0 N–H and O–H groups in total. The Hall–Kier alpha value is -3.20. The number of ether oxygens (including phenoxy) is 1. The maximum atomic E-state index is 13.1. The van der Waals surface area contributed by atoms with Gasteiger partial charge in [-0.2, -0.15) is 5.10 Å². The standard InChI is InChI=1S/C21H20FN3O4S/c1-24-20(11-19(23-24)14-3-5-15(22)6-4-14)21(26)25-12-18(13-25)30(27,28)17-9-7-16(29-2)8-10-17/h3-11,18H,12-13H2,1-2H3. The van der Waals surface area contributed by atoms with E-state index in [0.29, 0.717) is 22.7 Å². The molecule has 9 heteroatoms. The molecule has 3 aromatic rings. The minimum absolute atomic E-state index is 0.115. The third-order valence-electron chi connectivity index (χ3n) is 5.20. The summed E-state index contributed by atoms with van der Waals surface area (Å²) in [7, 11) is -0.378. The van der Waals surface area contributed by atoms with Gasteiger partial charge in [0.2, 0.25) is 0 Å². The number of carbonyl (C=O) groups excluding carboxylic acids is 1. The molecular formula is C21H20FN3O4S. The maximum absolute atomic E-state index is 13.1. The first kappa shape index (κ1) is 20.1. The molecule has 7 nitrogen and oxygen atoms in total. The summed E-state index contributed by atoms with van der Waals surface area (Å²) in [5, 5.41) is 3.67. The summed E-state index contributed by atoms with van der Waals surface area (Å²) >= 11 is 0. The third-order valence-corrected chi connectivity index (χ3v) is 7.31. The second-order valence-corrected chi connectivity index (χ2v) is 9.33. The molecule has 0 radical (unpaired) electrons. The lowest BCUT2D eigenvalue weighted by atomic mass is 10.1. The number of hydrogen-bond donors (Lipinski definition) is 0. The molecule has 1 aliphatic heterocycles. The number of benzene rings is 2. The van der Waals surface area contributed by atoms with Gasteiger partial charge in [-0.15, -0.1) is 0 Å². The van der Waals surface area contributed by atoms with Crippen molar-refractivity contribution in [3.63, 3.8) is 0 Å². The van der Waals surface area contributed by atoms with Gasteiger partial charge in [0.15, 0.2) is 9.84 Å². The molecule has 0 aliphatic carbocycles. The molecule has 0 saturated carbocycles. The van der Waals surface area contributed by atoms with Gasteiger partial charge >= 0.3 is 0 Å². The Morgan fingerprint density at radius 3 is 2.33 bits per heavy atom. The summed E-state index contributed by atoms with van der Waals surface area (Å²) < 4.78 is 45.2. The second kappa shape index (κ2) is 7.56. The van der Waals surface area contributed by atoms with Crippen LogP contribution in [-0.2, 0) is 16.9 Å². The summed E-state index contributed by atoms with van der Waals surface area (Å²) in [6.07, 6.45) is 0. The van der Waals surface area contributed by atoms with Gasteiger partial charge in [0.05, 0.1) is 17.7 Å². The fourth-order valence-electron chi connectivity index (χ4n) is 3.35. The van der Waals surface area contributed by atoms with Gasteiger partial charge in [-0.05, 0) is 54.6 Å². The van der Waals surface area contributed by atoms with E-state index in [1.165, 1.54) is 41.0 Å². The van der Waals surface area contributed by atoms with E-state index < -0.39 is 15.1 Å².